The second-order valence-corrected chi connectivity index (χ2v) is 5.32. The van der Waals surface area contributed by atoms with Crippen LogP contribution in [0.2, 0.25) is 0 Å². The molecule has 2 rings (SSSR count). The number of likely N-dealkylation sites (tertiary alicyclic amines) is 1. The Hall–Kier alpha value is 0.650. The third-order valence-corrected chi connectivity index (χ3v) is 4.00. The number of hydrogen-bond acceptors (Lipinski definition) is 2. The van der Waals surface area contributed by atoms with Crippen molar-refractivity contribution in [2.24, 2.45) is 17.8 Å². The Bertz CT molecular complexity index is 176. The first kappa shape index (κ1) is 10.2. The van der Waals surface area contributed by atoms with Gasteiger partial charge < -0.3 is 7.97 Å². The average Bonchev–Trinajstić information content (AvgIpc) is 2.44. The molecule has 0 radical (unpaired) electrons. The lowest BCUT2D eigenvalue weighted by molar-refractivity contribution is 0.181. The summed E-state index contributed by atoms with van der Waals surface area (Å²) in [7, 11) is 2.25. The molecule has 13 heavy (non-hydrogen) atoms. The van der Waals surface area contributed by atoms with Crippen LogP contribution in [0.3, 0.4) is 0 Å². The average molecular weight is 295 g/mol. The van der Waals surface area contributed by atoms with Gasteiger partial charge in [0.25, 0.3) is 0 Å². The van der Waals surface area contributed by atoms with E-state index >= 15 is 0 Å². The third-order valence-electron chi connectivity index (χ3n) is 3.64. The Morgan fingerprint density at radius 1 is 1.31 bits per heavy atom. The van der Waals surface area contributed by atoms with Crippen LogP contribution in [-0.2, 0) is 3.07 Å². The van der Waals surface area contributed by atoms with Crippen LogP contribution >= 0.6 is 23.0 Å². The highest BCUT2D eigenvalue weighted by Crippen LogP contribution is 2.38. The number of nitrogens with zero attached hydrogens (tertiary/aromatic N) is 1. The van der Waals surface area contributed by atoms with Crippen LogP contribution in [0.5, 0.6) is 0 Å². The van der Waals surface area contributed by atoms with E-state index in [0.29, 0.717) is 0 Å². The topological polar surface area (TPSA) is 12.5 Å². The van der Waals surface area contributed by atoms with Crippen molar-refractivity contribution in [2.45, 2.75) is 19.3 Å². The molecule has 0 bridgehead atoms. The zero-order valence-electron chi connectivity index (χ0n) is 8.21. The van der Waals surface area contributed by atoms with Crippen LogP contribution in [0, 0.1) is 17.8 Å². The fourth-order valence-electron chi connectivity index (χ4n) is 3.00. The third kappa shape index (κ3) is 2.36. The summed E-state index contributed by atoms with van der Waals surface area (Å²) in [5.41, 5.74) is 0. The van der Waals surface area contributed by atoms with Crippen molar-refractivity contribution in [2.75, 3.05) is 26.7 Å². The maximum Gasteiger partial charge on any atom is 0.109 e. The molecule has 0 amide bonds. The van der Waals surface area contributed by atoms with E-state index in [4.69, 9.17) is 3.07 Å². The maximum atomic E-state index is 5.21. The summed E-state index contributed by atoms with van der Waals surface area (Å²) >= 11 is 2.02. The lowest BCUT2D eigenvalue weighted by Crippen LogP contribution is -2.25. The molecule has 2 fully saturated rings. The van der Waals surface area contributed by atoms with Crippen LogP contribution in [-0.4, -0.2) is 31.6 Å². The molecule has 3 atom stereocenters. The van der Waals surface area contributed by atoms with E-state index < -0.39 is 0 Å². The molecule has 0 aromatic rings. The van der Waals surface area contributed by atoms with Gasteiger partial charge in [-0.2, -0.15) is 0 Å². The molecule has 0 spiro atoms. The van der Waals surface area contributed by atoms with Gasteiger partial charge >= 0.3 is 0 Å². The Morgan fingerprint density at radius 2 is 2.08 bits per heavy atom. The van der Waals surface area contributed by atoms with E-state index in [-0.39, 0.29) is 0 Å². The summed E-state index contributed by atoms with van der Waals surface area (Å²) in [5, 5.41) is 0. The van der Waals surface area contributed by atoms with E-state index in [9.17, 15) is 0 Å². The number of rotatable bonds is 2. The van der Waals surface area contributed by atoms with Crippen molar-refractivity contribution in [1.82, 2.24) is 4.90 Å². The van der Waals surface area contributed by atoms with Gasteiger partial charge in [-0.15, -0.1) is 0 Å². The lowest BCUT2D eigenvalue weighted by atomic mass is 9.76. The summed E-state index contributed by atoms with van der Waals surface area (Å²) in [6.45, 7) is 3.62. The van der Waals surface area contributed by atoms with Gasteiger partial charge in [0.05, 0.1) is 6.61 Å². The van der Waals surface area contributed by atoms with Crippen molar-refractivity contribution >= 4 is 23.0 Å². The van der Waals surface area contributed by atoms with E-state index in [0.717, 1.165) is 24.4 Å². The van der Waals surface area contributed by atoms with Crippen LogP contribution in [0.25, 0.3) is 0 Å². The quantitative estimate of drug-likeness (QED) is 0.725. The molecule has 3 heteroatoms. The second-order valence-electron chi connectivity index (χ2n) is 4.70. The molecule has 1 saturated heterocycles. The minimum atomic E-state index is 0.838. The normalized spacial score (nSPS) is 40.6. The summed E-state index contributed by atoms with van der Waals surface area (Å²) in [6.07, 6.45) is 4.22. The lowest BCUT2D eigenvalue weighted by Gasteiger charge is -2.30. The fraction of sp³-hybridized carbons (Fsp3) is 1.00. The van der Waals surface area contributed by atoms with Gasteiger partial charge in [-0.05, 0) is 44.1 Å². The fourth-order valence-corrected chi connectivity index (χ4v) is 3.51. The highest BCUT2D eigenvalue weighted by atomic mass is 127. The van der Waals surface area contributed by atoms with Crippen LogP contribution < -0.4 is 0 Å². The van der Waals surface area contributed by atoms with Crippen LogP contribution in [0.1, 0.15) is 19.3 Å². The number of halogens is 1. The van der Waals surface area contributed by atoms with E-state index in [2.05, 4.69) is 11.9 Å². The first-order valence-electron chi connectivity index (χ1n) is 5.21. The molecule has 1 aliphatic heterocycles. The van der Waals surface area contributed by atoms with Gasteiger partial charge in [-0.3, -0.25) is 0 Å². The largest absolute Gasteiger partial charge is 0.316 e. The summed E-state index contributed by atoms with van der Waals surface area (Å²) in [4.78, 5) is 2.49. The highest BCUT2D eigenvalue weighted by Gasteiger charge is 2.36. The summed E-state index contributed by atoms with van der Waals surface area (Å²) in [5.74, 6) is 2.80. The molecular weight excluding hydrogens is 277 g/mol. The number of hydrogen-bond donors (Lipinski definition) is 0. The van der Waals surface area contributed by atoms with Gasteiger partial charge in [0.1, 0.15) is 23.0 Å². The second kappa shape index (κ2) is 4.45. The smallest absolute Gasteiger partial charge is 0.109 e. The predicted octanol–water partition coefficient (Wildman–Crippen LogP) is 2.33. The molecule has 2 nitrogen and oxygen atoms in total. The molecule has 0 aromatic carbocycles. The Balaban J connectivity index is 1.86. The SMILES string of the molecule is CN1CC2CCC(COI)CC2C1. The van der Waals surface area contributed by atoms with Gasteiger partial charge in [-0.25, -0.2) is 0 Å². The predicted molar refractivity (Wildman–Crippen MR) is 61.8 cm³/mol. The van der Waals surface area contributed by atoms with Gasteiger partial charge in [-0.1, -0.05) is 0 Å². The molecule has 0 N–H and O–H groups in total. The summed E-state index contributed by atoms with van der Waals surface area (Å²) in [6, 6.07) is 0. The van der Waals surface area contributed by atoms with Gasteiger partial charge in [0.15, 0.2) is 0 Å². The molecule has 0 aromatic heterocycles. The monoisotopic (exact) mass is 295 g/mol. The van der Waals surface area contributed by atoms with Crippen molar-refractivity contribution in [3.8, 4) is 0 Å². The molecule has 2 aliphatic rings. The standard InChI is InChI=1S/C10H18INO/c1-12-5-9-3-2-8(7-13-11)4-10(9)6-12/h8-10H,2-7H2,1H3. The molecule has 1 aliphatic carbocycles. The Kier molecular flexibility index (Phi) is 3.48. The minimum absolute atomic E-state index is 0.838. The Morgan fingerprint density at radius 3 is 2.85 bits per heavy atom. The first-order valence-corrected chi connectivity index (χ1v) is 6.09. The van der Waals surface area contributed by atoms with Crippen LogP contribution in [0.4, 0.5) is 0 Å². The molecule has 76 valence electrons. The van der Waals surface area contributed by atoms with E-state index in [1.54, 1.807) is 0 Å². The Labute approximate surface area is 94.7 Å². The zero-order valence-corrected chi connectivity index (χ0v) is 10.4. The van der Waals surface area contributed by atoms with Crippen molar-refractivity contribution in [3.63, 3.8) is 0 Å². The number of fused-ring (bicyclic) bond motifs is 1. The zero-order chi connectivity index (χ0) is 9.26. The van der Waals surface area contributed by atoms with E-state index in [1.807, 2.05) is 23.0 Å². The van der Waals surface area contributed by atoms with Gasteiger partial charge in [0, 0.05) is 13.1 Å². The summed E-state index contributed by atoms with van der Waals surface area (Å²) < 4.78 is 5.21. The van der Waals surface area contributed by atoms with Crippen LogP contribution in [0.15, 0.2) is 0 Å². The van der Waals surface area contributed by atoms with Crippen molar-refractivity contribution < 1.29 is 3.07 Å². The van der Waals surface area contributed by atoms with Gasteiger partial charge in [0.2, 0.25) is 0 Å². The van der Waals surface area contributed by atoms with Crippen molar-refractivity contribution in [3.05, 3.63) is 0 Å². The molecular formula is C10H18INO. The maximum absolute atomic E-state index is 5.21. The molecule has 3 unspecified atom stereocenters. The van der Waals surface area contributed by atoms with E-state index in [1.165, 1.54) is 32.4 Å². The minimum Gasteiger partial charge on any atom is -0.316 e. The highest BCUT2D eigenvalue weighted by molar-refractivity contribution is 14.1. The molecule has 1 heterocycles. The first-order chi connectivity index (χ1) is 6.29. The molecule has 1 saturated carbocycles. The van der Waals surface area contributed by atoms with Crippen molar-refractivity contribution in [1.29, 1.82) is 0 Å².